The summed E-state index contributed by atoms with van der Waals surface area (Å²) in [4.78, 5) is 0.327. The van der Waals surface area contributed by atoms with Crippen molar-refractivity contribution in [2.45, 2.75) is 37.6 Å². The van der Waals surface area contributed by atoms with Crippen LogP contribution in [0, 0.1) is 5.92 Å². The third kappa shape index (κ3) is 4.69. The molecule has 1 saturated heterocycles. The van der Waals surface area contributed by atoms with E-state index in [0.717, 1.165) is 32.5 Å². The van der Waals surface area contributed by atoms with Crippen molar-refractivity contribution in [3.8, 4) is 0 Å². The van der Waals surface area contributed by atoms with Gasteiger partial charge in [-0.25, -0.2) is 13.1 Å². The molecule has 1 heterocycles. The summed E-state index contributed by atoms with van der Waals surface area (Å²) in [6.45, 7) is 6.55. The number of benzene rings is 1. The fourth-order valence-electron chi connectivity index (χ4n) is 2.56. The van der Waals surface area contributed by atoms with Crippen LogP contribution in [0.15, 0.2) is 29.2 Å². The fraction of sp³-hybridized carbons (Fsp3) is 0.600. The molecular formula is C15H25N3O2S. The maximum absolute atomic E-state index is 12.4. The van der Waals surface area contributed by atoms with Gasteiger partial charge in [-0.2, -0.15) is 0 Å². The van der Waals surface area contributed by atoms with Crippen LogP contribution in [-0.4, -0.2) is 34.1 Å². The van der Waals surface area contributed by atoms with Crippen LogP contribution < -0.4 is 15.4 Å². The molecule has 0 saturated carbocycles. The van der Waals surface area contributed by atoms with E-state index in [1.54, 1.807) is 12.1 Å². The molecule has 21 heavy (non-hydrogen) atoms. The highest BCUT2D eigenvalue weighted by molar-refractivity contribution is 7.89. The third-order valence-electron chi connectivity index (χ3n) is 3.61. The quantitative estimate of drug-likeness (QED) is 0.749. The van der Waals surface area contributed by atoms with Gasteiger partial charge in [0.15, 0.2) is 0 Å². The molecule has 5 nitrogen and oxygen atoms in total. The first-order chi connectivity index (χ1) is 9.99. The second kappa shape index (κ2) is 7.24. The van der Waals surface area contributed by atoms with E-state index in [-0.39, 0.29) is 6.04 Å². The minimum atomic E-state index is -3.47. The average Bonchev–Trinajstić information content (AvgIpc) is 2.45. The fourth-order valence-corrected chi connectivity index (χ4v) is 4.00. The molecule has 0 bridgehead atoms. The van der Waals surface area contributed by atoms with Gasteiger partial charge in [0.25, 0.3) is 0 Å². The van der Waals surface area contributed by atoms with Crippen molar-refractivity contribution in [1.82, 2.24) is 10.0 Å². The van der Waals surface area contributed by atoms with Crippen LogP contribution >= 0.6 is 0 Å². The van der Waals surface area contributed by atoms with E-state index in [0.29, 0.717) is 16.5 Å². The second-order valence-electron chi connectivity index (χ2n) is 5.85. The Kier molecular flexibility index (Phi) is 5.61. The number of piperidine rings is 1. The Morgan fingerprint density at radius 3 is 2.57 bits per heavy atom. The number of para-hydroxylation sites is 1. The first-order valence-corrected chi connectivity index (χ1v) is 9.03. The molecule has 1 aliphatic heterocycles. The zero-order valence-corrected chi connectivity index (χ0v) is 13.5. The zero-order chi connectivity index (χ0) is 15.3. The molecule has 0 amide bonds. The normalized spacial score (nSPS) is 17.1. The van der Waals surface area contributed by atoms with Crippen molar-refractivity contribution in [2.24, 2.45) is 5.92 Å². The maximum atomic E-state index is 12.4. The van der Waals surface area contributed by atoms with Crippen LogP contribution in [0.3, 0.4) is 0 Å². The van der Waals surface area contributed by atoms with Crippen molar-refractivity contribution in [3.05, 3.63) is 24.3 Å². The predicted molar refractivity (Wildman–Crippen MR) is 86.0 cm³/mol. The summed E-state index contributed by atoms with van der Waals surface area (Å²) in [6, 6.07) is 6.97. The minimum absolute atomic E-state index is 0.118. The molecular weight excluding hydrogens is 286 g/mol. The van der Waals surface area contributed by atoms with E-state index in [9.17, 15) is 8.42 Å². The van der Waals surface area contributed by atoms with Gasteiger partial charge in [-0.15, -0.1) is 0 Å². The Balaban J connectivity index is 2.09. The number of hydrogen-bond donors (Lipinski definition) is 3. The summed E-state index contributed by atoms with van der Waals surface area (Å²) in [5, 5.41) is 6.65. The summed E-state index contributed by atoms with van der Waals surface area (Å²) in [6.07, 6.45) is 2.26. The first kappa shape index (κ1) is 16.3. The molecule has 0 aliphatic carbocycles. The van der Waals surface area contributed by atoms with Gasteiger partial charge in [-0.05, 0) is 57.8 Å². The zero-order valence-electron chi connectivity index (χ0n) is 12.7. The summed E-state index contributed by atoms with van der Waals surface area (Å²) in [5.41, 5.74) is 0.684. The molecule has 0 atom stereocenters. The highest BCUT2D eigenvalue weighted by atomic mass is 32.2. The number of hydrogen-bond acceptors (Lipinski definition) is 4. The number of rotatable bonds is 6. The SMILES string of the molecule is CC(C)NS(=O)(=O)c1ccccc1NCC1CCNCC1. The van der Waals surface area contributed by atoms with Gasteiger partial charge in [0.2, 0.25) is 10.0 Å². The van der Waals surface area contributed by atoms with E-state index in [1.165, 1.54) is 0 Å². The molecule has 0 radical (unpaired) electrons. The maximum Gasteiger partial charge on any atom is 0.242 e. The summed E-state index contributed by atoms with van der Waals surface area (Å²) >= 11 is 0. The Hall–Kier alpha value is -1.11. The lowest BCUT2D eigenvalue weighted by Crippen LogP contribution is -2.32. The van der Waals surface area contributed by atoms with Gasteiger partial charge in [0, 0.05) is 12.6 Å². The standard InChI is InChI=1S/C15H25N3O2S/c1-12(2)18-21(19,20)15-6-4-3-5-14(15)17-11-13-7-9-16-10-8-13/h3-6,12-13,16-18H,7-11H2,1-2H3. The Bertz CT molecular complexity index is 552. The van der Waals surface area contributed by atoms with Crippen molar-refractivity contribution in [2.75, 3.05) is 25.0 Å². The minimum Gasteiger partial charge on any atom is -0.384 e. The van der Waals surface area contributed by atoms with Crippen molar-refractivity contribution < 1.29 is 8.42 Å². The smallest absolute Gasteiger partial charge is 0.242 e. The third-order valence-corrected chi connectivity index (χ3v) is 5.32. The summed E-state index contributed by atoms with van der Waals surface area (Å²) < 4.78 is 27.3. The van der Waals surface area contributed by atoms with Crippen LogP contribution in [0.25, 0.3) is 0 Å². The second-order valence-corrected chi connectivity index (χ2v) is 7.53. The highest BCUT2D eigenvalue weighted by Crippen LogP contribution is 2.22. The van der Waals surface area contributed by atoms with Gasteiger partial charge in [0.05, 0.1) is 5.69 Å². The van der Waals surface area contributed by atoms with E-state index in [1.807, 2.05) is 26.0 Å². The van der Waals surface area contributed by atoms with Crippen LogP contribution in [0.5, 0.6) is 0 Å². The lowest BCUT2D eigenvalue weighted by atomic mass is 9.98. The molecule has 2 rings (SSSR count). The van der Waals surface area contributed by atoms with Gasteiger partial charge in [-0.1, -0.05) is 12.1 Å². The van der Waals surface area contributed by atoms with Gasteiger partial charge in [-0.3, -0.25) is 0 Å². The molecule has 1 aliphatic rings. The van der Waals surface area contributed by atoms with Gasteiger partial charge < -0.3 is 10.6 Å². The topological polar surface area (TPSA) is 70.2 Å². The van der Waals surface area contributed by atoms with Crippen molar-refractivity contribution >= 4 is 15.7 Å². The molecule has 0 spiro atoms. The van der Waals surface area contributed by atoms with E-state index >= 15 is 0 Å². The van der Waals surface area contributed by atoms with Gasteiger partial charge in [0.1, 0.15) is 4.90 Å². The lowest BCUT2D eigenvalue weighted by Gasteiger charge is -2.24. The predicted octanol–water partition coefficient (Wildman–Crippen LogP) is 1.78. The molecule has 3 N–H and O–H groups in total. The molecule has 0 unspecified atom stereocenters. The van der Waals surface area contributed by atoms with Crippen LogP contribution in [0.1, 0.15) is 26.7 Å². The van der Waals surface area contributed by atoms with Crippen LogP contribution in [0.4, 0.5) is 5.69 Å². The first-order valence-electron chi connectivity index (χ1n) is 7.55. The average molecular weight is 311 g/mol. The van der Waals surface area contributed by atoms with E-state index < -0.39 is 10.0 Å². The molecule has 1 aromatic carbocycles. The van der Waals surface area contributed by atoms with E-state index in [4.69, 9.17) is 0 Å². The summed E-state index contributed by atoms with van der Waals surface area (Å²) in [7, 11) is -3.47. The summed E-state index contributed by atoms with van der Waals surface area (Å²) in [5.74, 6) is 0.597. The molecule has 1 aromatic rings. The van der Waals surface area contributed by atoms with Crippen molar-refractivity contribution in [3.63, 3.8) is 0 Å². The van der Waals surface area contributed by atoms with E-state index in [2.05, 4.69) is 15.4 Å². The van der Waals surface area contributed by atoms with Crippen molar-refractivity contribution in [1.29, 1.82) is 0 Å². The van der Waals surface area contributed by atoms with Crippen LogP contribution in [0.2, 0.25) is 0 Å². The highest BCUT2D eigenvalue weighted by Gasteiger charge is 2.20. The molecule has 1 fully saturated rings. The Morgan fingerprint density at radius 1 is 1.24 bits per heavy atom. The Morgan fingerprint density at radius 2 is 1.90 bits per heavy atom. The molecule has 118 valence electrons. The number of nitrogens with one attached hydrogen (secondary N) is 3. The van der Waals surface area contributed by atoms with Crippen LogP contribution in [-0.2, 0) is 10.0 Å². The molecule has 0 aromatic heterocycles. The van der Waals surface area contributed by atoms with Gasteiger partial charge >= 0.3 is 0 Å². The molecule has 6 heteroatoms. The Labute approximate surface area is 127 Å². The largest absolute Gasteiger partial charge is 0.384 e. The number of anilines is 1. The number of sulfonamides is 1. The lowest BCUT2D eigenvalue weighted by molar-refractivity contribution is 0.389. The monoisotopic (exact) mass is 311 g/mol.